The van der Waals surface area contributed by atoms with Crippen molar-refractivity contribution in [1.82, 2.24) is 0 Å². The van der Waals surface area contributed by atoms with Crippen molar-refractivity contribution >= 4 is 11.5 Å². The number of phenolic OH excluding ortho intramolecular Hbond substituents is 2. The molecule has 0 bridgehead atoms. The van der Waals surface area contributed by atoms with Crippen LogP contribution in [0.1, 0.15) is 15.9 Å². The Kier molecular flexibility index (Phi) is 6.22. The summed E-state index contributed by atoms with van der Waals surface area (Å²) in [6.07, 6.45) is 0. The van der Waals surface area contributed by atoms with Gasteiger partial charge in [0.25, 0.3) is 5.69 Å². The molecule has 180 valence electrons. The lowest BCUT2D eigenvalue weighted by Gasteiger charge is -2.20. The third-order valence-electron chi connectivity index (χ3n) is 6.19. The molecule has 0 heterocycles. The summed E-state index contributed by atoms with van der Waals surface area (Å²) < 4.78 is 0. The van der Waals surface area contributed by atoms with Gasteiger partial charge in [-0.2, -0.15) is 0 Å². The van der Waals surface area contributed by atoms with Crippen molar-refractivity contribution in [3.05, 3.63) is 137 Å². The van der Waals surface area contributed by atoms with Crippen molar-refractivity contribution in [2.45, 2.75) is 0 Å². The van der Waals surface area contributed by atoms with Crippen molar-refractivity contribution in [2.75, 3.05) is 0 Å². The van der Waals surface area contributed by atoms with Crippen LogP contribution in [-0.4, -0.2) is 20.9 Å². The molecule has 37 heavy (non-hydrogen) atoms. The maximum absolute atomic E-state index is 14.0. The van der Waals surface area contributed by atoms with Gasteiger partial charge in [-0.25, -0.2) is 0 Å². The molecular formula is C31H21NO5. The van der Waals surface area contributed by atoms with E-state index in [0.29, 0.717) is 33.4 Å². The first-order chi connectivity index (χ1) is 18.0. The largest absolute Gasteiger partial charge is 0.507 e. The van der Waals surface area contributed by atoms with Crippen LogP contribution in [0.4, 0.5) is 5.69 Å². The summed E-state index contributed by atoms with van der Waals surface area (Å²) in [5.74, 6) is -0.727. The molecule has 0 atom stereocenters. The average molecular weight is 488 g/mol. The lowest BCUT2D eigenvalue weighted by Crippen LogP contribution is -2.07. The topological polar surface area (TPSA) is 101 Å². The van der Waals surface area contributed by atoms with E-state index in [1.165, 1.54) is 24.3 Å². The molecule has 0 amide bonds. The number of para-hydroxylation sites is 1. The first-order valence-electron chi connectivity index (χ1n) is 11.5. The molecule has 0 aliphatic carbocycles. The molecule has 0 radical (unpaired) electrons. The summed E-state index contributed by atoms with van der Waals surface area (Å²) >= 11 is 0. The third-order valence-corrected chi connectivity index (χ3v) is 6.19. The van der Waals surface area contributed by atoms with Crippen LogP contribution in [0.2, 0.25) is 0 Å². The monoisotopic (exact) mass is 487 g/mol. The Hall–Kier alpha value is -5.23. The van der Waals surface area contributed by atoms with E-state index in [2.05, 4.69) is 0 Å². The summed E-state index contributed by atoms with van der Waals surface area (Å²) in [5.41, 5.74) is 2.95. The van der Waals surface area contributed by atoms with Gasteiger partial charge in [-0.1, -0.05) is 84.9 Å². The van der Waals surface area contributed by atoms with E-state index >= 15 is 0 Å². The fraction of sp³-hybridized carbons (Fsp3) is 0. The number of nitro benzene ring substituents is 1. The first kappa shape index (κ1) is 23.5. The van der Waals surface area contributed by atoms with Crippen LogP contribution < -0.4 is 0 Å². The van der Waals surface area contributed by atoms with Gasteiger partial charge in [0.2, 0.25) is 0 Å². The molecule has 0 spiro atoms. The van der Waals surface area contributed by atoms with Crippen LogP contribution in [0.3, 0.4) is 0 Å². The van der Waals surface area contributed by atoms with Gasteiger partial charge in [-0.15, -0.1) is 0 Å². The number of ketones is 1. The van der Waals surface area contributed by atoms with Crippen molar-refractivity contribution in [3.63, 3.8) is 0 Å². The Morgan fingerprint density at radius 3 is 1.86 bits per heavy atom. The van der Waals surface area contributed by atoms with Crippen molar-refractivity contribution < 1.29 is 19.9 Å². The molecule has 5 aromatic rings. The van der Waals surface area contributed by atoms with Gasteiger partial charge in [0.05, 0.1) is 10.5 Å². The quantitative estimate of drug-likeness (QED) is 0.149. The maximum Gasteiger partial charge on any atom is 0.270 e. The number of carbonyl (C=O) groups is 1. The van der Waals surface area contributed by atoms with Crippen molar-refractivity contribution in [2.24, 2.45) is 0 Å². The molecule has 5 rings (SSSR count). The number of hydrogen-bond acceptors (Lipinski definition) is 5. The van der Waals surface area contributed by atoms with E-state index < -0.39 is 10.7 Å². The second-order valence-electron chi connectivity index (χ2n) is 8.46. The van der Waals surface area contributed by atoms with E-state index in [4.69, 9.17) is 0 Å². The highest BCUT2D eigenvalue weighted by atomic mass is 16.6. The van der Waals surface area contributed by atoms with Gasteiger partial charge in [0.1, 0.15) is 11.5 Å². The number of nitro groups is 1. The van der Waals surface area contributed by atoms with Gasteiger partial charge in [-0.3, -0.25) is 14.9 Å². The maximum atomic E-state index is 14.0. The van der Waals surface area contributed by atoms with Gasteiger partial charge in [-0.05, 0) is 34.9 Å². The highest BCUT2D eigenvalue weighted by Crippen LogP contribution is 2.47. The summed E-state index contributed by atoms with van der Waals surface area (Å²) in [5, 5.41) is 33.7. The molecule has 5 aromatic carbocycles. The van der Waals surface area contributed by atoms with Gasteiger partial charge >= 0.3 is 0 Å². The van der Waals surface area contributed by atoms with E-state index in [1.807, 2.05) is 48.5 Å². The van der Waals surface area contributed by atoms with E-state index in [0.717, 1.165) is 0 Å². The minimum absolute atomic E-state index is 0.0623. The SMILES string of the molecule is O=C(c1ccccc1O)c1cc(-c2ccccc2)c(O)c(-c2ccccc2)c1-c1cccc([N+](=O)[O-])c1. The van der Waals surface area contributed by atoms with Crippen molar-refractivity contribution in [1.29, 1.82) is 0 Å². The van der Waals surface area contributed by atoms with Crippen LogP contribution in [0.15, 0.2) is 115 Å². The summed E-state index contributed by atoms with van der Waals surface area (Å²) in [6.45, 7) is 0. The zero-order valence-corrected chi connectivity index (χ0v) is 19.5. The van der Waals surface area contributed by atoms with Crippen molar-refractivity contribution in [3.8, 4) is 44.9 Å². The number of hydrogen-bond donors (Lipinski definition) is 2. The normalized spacial score (nSPS) is 10.7. The standard InChI is InChI=1S/C31H21NO5/c33-27-17-8-7-16-24(27)30(34)26-19-25(20-10-3-1-4-11-20)31(35)29(21-12-5-2-6-13-21)28(26)22-14-9-15-23(18-22)32(36)37/h1-19,33,35H. The number of carbonyl (C=O) groups excluding carboxylic acids is 1. The summed E-state index contributed by atoms with van der Waals surface area (Å²) in [4.78, 5) is 25.1. The van der Waals surface area contributed by atoms with Crippen LogP contribution in [0.25, 0.3) is 33.4 Å². The minimum Gasteiger partial charge on any atom is -0.507 e. The fourth-order valence-corrected chi connectivity index (χ4v) is 4.46. The average Bonchev–Trinajstić information content (AvgIpc) is 2.93. The fourth-order valence-electron chi connectivity index (χ4n) is 4.46. The Bertz CT molecular complexity index is 1630. The molecule has 0 aliphatic rings. The molecule has 0 saturated heterocycles. The highest BCUT2D eigenvalue weighted by molar-refractivity contribution is 6.17. The second-order valence-corrected chi connectivity index (χ2v) is 8.46. The molecule has 6 nitrogen and oxygen atoms in total. The van der Waals surface area contributed by atoms with Crippen LogP contribution in [0, 0.1) is 10.1 Å². The zero-order chi connectivity index (χ0) is 25.9. The minimum atomic E-state index is -0.506. The van der Waals surface area contributed by atoms with Gasteiger partial charge in [0.15, 0.2) is 5.78 Å². The Morgan fingerprint density at radius 2 is 1.22 bits per heavy atom. The number of benzene rings is 5. The Balaban J connectivity index is 1.93. The van der Waals surface area contributed by atoms with E-state index in [1.54, 1.807) is 42.5 Å². The number of nitrogens with zero attached hydrogens (tertiary/aromatic N) is 1. The Morgan fingerprint density at radius 1 is 0.622 bits per heavy atom. The first-order valence-corrected chi connectivity index (χ1v) is 11.5. The van der Waals surface area contributed by atoms with E-state index in [9.17, 15) is 25.1 Å². The summed E-state index contributed by atoms with van der Waals surface area (Å²) in [7, 11) is 0. The number of rotatable bonds is 6. The van der Waals surface area contributed by atoms with Gasteiger partial charge in [0, 0.05) is 34.4 Å². The molecule has 0 saturated carbocycles. The highest BCUT2D eigenvalue weighted by Gasteiger charge is 2.27. The zero-order valence-electron chi connectivity index (χ0n) is 19.5. The molecule has 0 aromatic heterocycles. The number of aromatic hydroxyl groups is 2. The molecule has 0 fully saturated rings. The second kappa shape index (κ2) is 9.79. The van der Waals surface area contributed by atoms with E-state index in [-0.39, 0.29) is 28.3 Å². The number of phenols is 2. The van der Waals surface area contributed by atoms with Crippen LogP contribution in [0.5, 0.6) is 11.5 Å². The lowest BCUT2D eigenvalue weighted by molar-refractivity contribution is -0.384. The predicted molar refractivity (Wildman–Crippen MR) is 143 cm³/mol. The van der Waals surface area contributed by atoms with Crippen LogP contribution in [-0.2, 0) is 0 Å². The molecule has 0 unspecified atom stereocenters. The summed E-state index contributed by atoms with van der Waals surface area (Å²) in [6, 6.07) is 32.0. The molecule has 2 N–H and O–H groups in total. The van der Waals surface area contributed by atoms with Crippen LogP contribution >= 0.6 is 0 Å². The van der Waals surface area contributed by atoms with Gasteiger partial charge < -0.3 is 10.2 Å². The molecule has 6 heteroatoms. The lowest BCUT2D eigenvalue weighted by atomic mass is 9.83. The third kappa shape index (κ3) is 4.44. The molecule has 0 aliphatic heterocycles. The number of non-ortho nitro benzene ring substituents is 1. The Labute approximate surface area is 212 Å². The molecular weight excluding hydrogens is 466 g/mol. The smallest absolute Gasteiger partial charge is 0.270 e. The predicted octanol–water partition coefficient (Wildman–Crippen LogP) is 7.24.